The zero-order valence-electron chi connectivity index (χ0n) is 17.0. The predicted octanol–water partition coefficient (Wildman–Crippen LogP) is 4.58. The van der Waals surface area contributed by atoms with Crippen LogP contribution in [0.25, 0.3) is 0 Å². The first kappa shape index (κ1) is 21.6. The Morgan fingerprint density at radius 3 is 2.59 bits per heavy atom. The number of aryl methyl sites for hydroxylation is 1. The molecular weight excluding hydrogens is 391 g/mol. The molecule has 156 valence electrons. The van der Waals surface area contributed by atoms with Crippen LogP contribution in [-0.2, 0) is 11.3 Å². The van der Waals surface area contributed by atoms with E-state index in [1.54, 1.807) is 12.1 Å². The Kier molecular flexibility index (Phi) is 7.51. The van der Waals surface area contributed by atoms with Gasteiger partial charge in [0.05, 0.1) is 6.04 Å². The van der Waals surface area contributed by atoms with E-state index in [1.807, 2.05) is 38.1 Å². The molecule has 2 aromatic rings. The van der Waals surface area contributed by atoms with E-state index in [9.17, 15) is 9.18 Å². The summed E-state index contributed by atoms with van der Waals surface area (Å²) in [6.07, 6.45) is 1.54. The van der Waals surface area contributed by atoms with Crippen LogP contribution >= 0.6 is 11.6 Å². The highest BCUT2D eigenvalue weighted by Crippen LogP contribution is 2.22. The molecule has 1 amide bonds. The van der Waals surface area contributed by atoms with Crippen LogP contribution in [0.15, 0.2) is 42.5 Å². The number of rotatable bonds is 7. The van der Waals surface area contributed by atoms with Crippen molar-refractivity contribution in [3.63, 3.8) is 0 Å². The lowest BCUT2D eigenvalue weighted by Gasteiger charge is -2.32. The minimum Gasteiger partial charge on any atom is -0.491 e. The van der Waals surface area contributed by atoms with E-state index in [2.05, 4.69) is 10.2 Å². The third-order valence-electron chi connectivity index (χ3n) is 5.28. The number of hydrogen-bond acceptors (Lipinski definition) is 3. The predicted molar refractivity (Wildman–Crippen MR) is 114 cm³/mol. The normalized spacial score (nSPS) is 16.4. The van der Waals surface area contributed by atoms with Crippen LogP contribution in [0.5, 0.6) is 5.75 Å². The van der Waals surface area contributed by atoms with Gasteiger partial charge in [-0.1, -0.05) is 35.4 Å². The molecule has 0 bridgehead atoms. The second-order valence-corrected chi connectivity index (χ2v) is 8.26. The molecule has 0 radical (unpaired) electrons. The van der Waals surface area contributed by atoms with Crippen molar-refractivity contribution in [3.05, 3.63) is 64.4 Å². The van der Waals surface area contributed by atoms with Crippen LogP contribution in [0.3, 0.4) is 0 Å². The highest BCUT2D eigenvalue weighted by atomic mass is 35.5. The summed E-state index contributed by atoms with van der Waals surface area (Å²) in [7, 11) is 0. The fourth-order valence-corrected chi connectivity index (χ4v) is 3.66. The lowest BCUT2D eigenvalue weighted by Crippen LogP contribution is -2.44. The van der Waals surface area contributed by atoms with Crippen molar-refractivity contribution >= 4 is 17.5 Å². The number of halogens is 2. The van der Waals surface area contributed by atoms with Crippen LogP contribution < -0.4 is 10.1 Å². The molecule has 1 N–H and O–H groups in total. The molecule has 0 spiro atoms. The van der Waals surface area contributed by atoms with Gasteiger partial charge in [0.15, 0.2) is 0 Å². The SMILES string of the molecule is Cc1ccc(OCC(C)NC(=O)C2CCN(Cc3ccc(Cl)cc3F)CC2)cc1. The molecule has 0 saturated carbocycles. The van der Waals surface area contributed by atoms with Crippen molar-refractivity contribution in [2.75, 3.05) is 19.7 Å². The molecule has 1 fully saturated rings. The second kappa shape index (κ2) is 10.1. The summed E-state index contributed by atoms with van der Waals surface area (Å²) in [6, 6.07) is 12.6. The molecular formula is C23H28ClFN2O2. The van der Waals surface area contributed by atoms with E-state index in [0.29, 0.717) is 23.7 Å². The first-order chi connectivity index (χ1) is 13.9. The lowest BCUT2D eigenvalue weighted by atomic mass is 9.95. The van der Waals surface area contributed by atoms with Gasteiger partial charge >= 0.3 is 0 Å². The Balaban J connectivity index is 1.40. The Labute approximate surface area is 177 Å². The molecule has 6 heteroatoms. The molecule has 1 aliphatic rings. The fraction of sp³-hybridized carbons (Fsp3) is 0.435. The van der Waals surface area contributed by atoms with Gasteiger partial charge < -0.3 is 10.1 Å². The van der Waals surface area contributed by atoms with Gasteiger partial charge in [-0.25, -0.2) is 4.39 Å². The van der Waals surface area contributed by atoms with E-state index in [1.165, 1.54) is 11.6 Å². The summed E-state index contributed by atoms with van der Waals surface area (Å²) in [6.45, 7) is 6.50. The highest BCUT2D eigenvalue weighted by Gasteiger charge is 2.26. The van der Waals surface area contributed by atoms with Crippen LogP contribution in [0.2, 0.25) is 5.02 Å². The number of amides is 1. The molecule has 1 heterocycles. The largest absolute Gasteiger partial charge is 0.491 e. The topological polar surface area (TPSA) is 41.6 Å². The minimum atomic E-state index is -0.278. The fourth-order valence-electron chi connectivity index (χ4n) is 3.50. The first-order valence-corrected chi connectivity index (χ1v) is 10.4. The van der Waals surface area contributed by atoms with Crippen molar-refractivity contribution in [1.29, 1.82) is 0 Å². The zero-order valence-corrected chi connectivity index (χ0v) is 17.7. The summed E-state index contributed by atoms with van der Waals surface area (Å²) in [5, 5.41) is 3.46. The van der Waals surface area contributed by atoms with Crippen LogP contribution in [0.1, 0.15) is 30.9 Å². The van der Waals surface area contributed by atoms with E-state index < -0.39 is 0 Å². The molecule has 0 aliphatic carbocycles. The number of nitrogens with one attached hydrogen (secondary N) is 1. The van der Waals surface area contributed by atoms with Crippen molar-refractivity contribution in [2.24, 2.45) is 5.92 Å². The third kappa shape index (κ3) is 6.44. The van der Waals surface area contributed by atoms with Gasteiger partial charge in [0.1, 0.15) is 18.2 Å². The smallest absolute Gasteiger partial charge is 0.223 e. The van der Waals surface area contributed by atoms with E-state index in [-0.39, 0.29) is 23.7 Å². The molecule has 0 aromatic heterocycles. The summed E-state index contributed by atoms with van der Waals surface area (Å²) in [5.74, 6) is 0.588. The molecule has 1 atom stereocenters. The van der Waals surface area contributed by atoms with Gasteiger partial charge in [0.25, 0.3) is 0 Å². The number of ether oxygens (including phenoxy) is 1. The number of benzene rings is 2. The second-order valence-electron chi connectivity index (χ2n) is 7.82. The van der Waals surface area contributed by atoms with Crippen LogP contribution in [-0.4, -0.2) is 36.5 Å². The van der Waals surface area contributed by atoms with Crippen molar-refractivity contribution in [3.8, 4) is 5.75 Å². The summed E-state index contributed by atoms with van der Waals surface area (Å²) >= 11 is 5.81. The minimum absolute atomic E-state index is 0.0110. The maximum Gasteiger partial charge on any atom is 0.223 e. The summed E-state index contributed by atoms with van der Waals surface area (Å²) in [5.41, 5.74) is 1.82. The summed E-state index contributed by atoms with van der Waals surface area (Å²) in [4.78, 5) is 14.7. The Morgan fingerprint density at radius 2 is 1.93 bits per heavy atom. The average Bonchev–Trinajstić information content (AvgIpc) is 2.70. The Bertz CT molecular complexity index is 820. The maximum absolute atomic E-state index is 14.0. The molecule has 1 saturated heterocycles. The van der Waals surface area contributed by atoms with Gasteiger partial charge in [0, 0.05) is 23.0 Å². The quantitative estimate of drug-likeness (QED) is 0.715. The number of nitrogens with zero attached hydrogens (tertiary/aromatic N) is 1. The average molecular weight is 419 g/mol. The van der Waals surface area contributed by atoms with Gasteiger partial charge in [-0.2, -0.15) is 0 Å². The number of carbonyl (C=O) groups excluding carboxylic acids is 1. The number of carbonyl (C=O) groups is 1. The van der Waals surface area contributed by atoms with E-state index in [0.717, 1.165) is 31.7 Å². The van der Waals surface area contributed by atoms with Gasteiger partial charge in [-0.05, 0) is 64.0 Å². The van der Waals surface area contributed by atoms with Crippen molar-refractivity contribution in [2.45, 2.75) is 39.3 Å². The first-order valence-electron chi connectivity index (χ1n) is 10.1. The Hall–Kier alpha value is -2.11. The zero-order chi connectivity index (χ0) is 20.8. The standard InChI is InChI=1S/C23H28ClFN2O2/c1-16-3-7-21(8-4-16)29-15-17(2)26-23(28)18-9-11-27(12-10-18)14-19-5-6-20(24)13-22(19)25/h3-8,13,17-18H,9-12,14-15H2,1-2H3,(H,26,28). The number of likely N-dealkylation sites (tertiary alicyclic amines) is 1. The summed E-state index contributed by atoms with van der Waals surface area (Å²) < 4.78 is 19.7. The number of hydrogen-bond donors (Lipinski definition) is 1. The molecule has 1 unspecified atom stereocenters. The van der Waals surface area contributed by atoms with Crippen molar-refractivity contribution < 1.29 is 13.9 Å². The monoisotopic (exact) mass is 418 g/mol. The van der Waals surface area contributed by atoms with E-state index in [4.69, 9.17) is 16.3 Å². The Morgan fingerprint density at radius 1 is 1.24 bits per heavy atom. The van der Waals surface area contributed by atoms with Gasteiger partial charge in [-0.15, -0.1) is 0 Å². The molecule has 4 nitrogen and oxygen atoms in total. The maximum atomic E-state index is 14.0. The molecule has 3 rings (SSSR count). The van der Waals surface area contributed by atoms with Gasteiger partial charge in [-0.3, -0.25) is 9.69 Å². The molecule has 29 heavy (non-hydrogen) atoms. The molecule has 1 aliphatic heterocycles. The number of piperidine rings is 1. The lowest BCUT2D eigenvalue weighted by molar-refractivity contribution is -0.127. The van der Waals surface area contributed by atoms with Crippen molar-refractivity contribution in [1.82, 2.24) is 10.2 Å². The molecule has 2 aromatic carbocycles. The van der Waals surface area contributed by atoms with Gasteiger partial charge in [0.2, 0.25) is 5.91 Å². The van der Waals surface area contributed by atoms with E-state index >= 15 is 0 Å². The highest BCUT2D eigenvalue weighted by molar-refractivity contribution is 6.30. The van der Waals surface area contributed by atoms with Crippen LogP contribution in [0, 0.1) is 18.7 Å². The van der Waals surface area contributed by atoms with Crippen LogP contribution in [0.4, 0.5) is 4.39 Å². The third-order valence-corrected chi connectivity index (χ3v) is 5.51.